The Morgan fingerprint density at radius 3 is 2.68 bits per heavy atom. The third kappa shape index (κ3) is 3.02. The molecule has 1 saturated heterocycles. The van der Waals surface area contributed by atoms with Crippen LogP contribution in [-0.2, 0) is 19.1 Å². The Balaban J connectivity index is 1.82. The third-order valence-electron chi connectivity index (χ3n) is 7.48. The van der Waals surface area contributed by atoms with E-state index in [4.69, 9.17) is 9.47 Å². The molecule has 3 rings (SSSR count). The molecule has 25 heavy (non-hydrogen) atoms. The van der Waals surface area contributed by atoms with Crippen molar-refractivity contribution in [3.8, 4) is 0 Å². The first-order valence-corrected chi connectivity index (χ1v) is 9.63. The number of methoxy groups -OCH3 is 1. The predicted molar refractivity (Wildman–Crippen MR) is 95.7 cm³/mol. The summed E-state index contributed by atoms with van der Waals surface area (Å²) in [5.74, 6) is 0.0349. The minimum absolute atomic E-state index is 0.133. The molecule has 140 valence electrons. The zero-order valence-corrected chi connectivity index (χ0v) is 16.1. The molecule has 3 aliphatic rings. The van der Waals surface area contributed by atoms with E-state index in [1.807, 2.05) is 0 Å². The lowest BCUT2D eigenvalue weighted by atomic mass is 9.54. The molecular weight excluding hydrogens is 316 g/mol. The van der Waals surface area contributed by atoms with E-state index in [0.717, 1.165) is 12.0 Å². The second kappa shape index (κ2) is 6.44. The van der Waals surface area contributed by atoms with Crippen LogP contribution in [0, 0.1) is 34.5 Å². The number of hydrogen-bond acceptors (Lipinski definition) is 4. The van der Waals surface area contributed by atoms with E-state index in [9.17, 15) is 9.59 Å². The summed E-state index contributed by atoms with van der Waals surface area (Å²) in [7, 11) is 1.39. The van der Waals surface area contributed by atoms with Crippen LogP contribution in [0.4, 0.5) is 0 Å². The SMILES string of the molecule is C=C([C@@H]1C(=O)OC[C@@H]1CC(=O)OC)[C@H]1CCC2C(C)(C)CCC[C@@]21C. The fraction of sp³-hybridized carbons (Fsp3) is 0.810. The minimum atomic E-state index is -0.357. The average Bonchev–Trinajstić information content (AvgIpc) is 3.07. The Morgan fingerprint density at radius 2 is 2.00 bits per heavy atom. The summed E-state index contributed by atoms with van der Waals surface area (Å²) < 4.78 is 10.1. The number of ether oxygens (including phenoxy) is 2. The lowest BCUT2D eigenvalue weighted by Crippen LogP contribution is -2.43. The predicted octanol–water partition coefficient (Wildman–Crippen LogP) is 4.14. The molecule has 2 saturated carbocycles. The number of fused-ring (bicyclic) bond motifs is 1. The van der Waals surface area contributed by atoms with Crippen LogP contribution in [0.5, 0.6) is 0 Å². The molecule has 4 nitrogen and oxygen atoms in total. The van der Waals surface area contributed by atoms with Gasteiger partial charge in [0.2, 0.25) is 0 Å². The van der Waals surface area contributed by atoms with Crippen LogP contribution in [0.1, 0.15) is 59.3 Å². The average molecular weight is 348 g/mol. The van der Waals surface area contributed by atoms with E-state index >= 15 is 0 Å². The van der Waals surface area contributed by atoms with Gasteiger partial charge in [-0.25, -0.2) is 0 Å². The molecule has 0 bridgehead atoms. The lowest BCUT2D eigenvalue weighted by Gasteiger charge is -2.50. The molecule has 4 heteroatoms. The van der Waals surface area contributed by atoms with Gasteiger partial charge in [-0.2, -0.15) is 0 Å². The minimum Gasteiger partial charge on any atom is -0.469 e. The van der Waals surface area contributed by atoms with E-state index in [-0.39, 0.29) is 35.6 Å². The Bertz CT molecular complexity index is 578. The summed E-state index contributed by atoms with van der Waals surface area (Å²) in [6, 6.07) is 0. The molecular formula is C21H32O4. The van der Waals surface area contributed by atoms with Crippen LogP contribution < -0.4 is 0 Å². The Kier molecular flexibility index (Phi) is 4.76. The summed E-state index contributed by atoms with van der Waals surface area (Å²) in [6.45, 7) is 11.9. The van der Waals surface area contributed by atoms with Crippen LogP contribution in [0.25, 0.3) is 0 Å². The van der Waals surface area contributed by atoms with Crippen LogP contribution in [0.15, 0.2) is 12.2 Å². The van der Waals surface area contributed by atoms with Crippen molar-refractivity contribution >= 4 is 11.9 Å². The van der Waals surface area contributed by atoms with Crippen LogP contribution in [0.2, 0.25) is 0 Å². The monoisotopic (exact) mass is 348 g/mol. The molecule has 0 spiro atoms. The first-order chi connectivity index (χ1) is 11.7. The fourth-order valence-electron chi connectivity index (χ4n) is 6.29. The quantitative estimate of drug-likeness (QED) is 0.566. The number of carbonyl (C=O) groups is 2. The van der Waals surface area contributed by atoms with Crippen molar-refractivity contribution in [3.63, 3.8) is 0 Å². The Labute approximate surface area is 151 Å². The molecule has 0 radical (unpaired) electrons. The van der Waals surface area contributed by atoms with Gasteiger partial charge in [-0.3, -0.25) is 9.59 Å². The van der Waals surface area contributed by atoms with Crippen LogP contribution in [-0.4, -0.2) is 25.7 Å². The number of rotatable bonds is 4. The zero-order chi connectivity index (χ0) is 18.4. The van der Waals surface area contributed by atoms with Crippen LogP contribution >= 0.6 is 0 Å². The van der Waals surface area contributed by atoms with E-state index in [0.29, 0.717) is 23.9 Å². The second-order valence-corrected chi connectivity index (χ2v) is 9.25. The van der Waals surface area contributed by atoms with Crippen LogP contribution in [0.3, 0.4) is 0 Å². The summed E-state index contributed by atoms with van der Waals surface area (Å²) >= 11 is 0. The summed E-state index contributed by atoms with van der Waals surface area (Å²) in [5.41, 5.74) is 1.56. The summed E-state index contributed by atoms with van der Waals surface area (Å²) in [4.78, 5) is 24.1. The molecule has 5 atom stereocenters. The Hall–Kier alpha value is -1.32. The highest BCUT2D eigenvalue weighted by Crippen LogP contribution is 2.64. The first kappa shape index (κ1) is 18.5. The lowest BCUT2D eigenvalue weighted by molar-refractivity contribution is -0.142. The first-order valence-electron chi connectivity index (χ1n) is 9.63. The van der Waals surface area contributed by atoms with E-state index in [1.54, 1.807) is 0 Å². The molecule has 0 aromatic rings. The number of carbonyl (C=O) groups excluding carboxylic acids is 2. The molecule has 0 amide bonds. The third-order valence-corrected chi connectivity index (χ3v) is 7.48. The second-order valence-electron chi connectivity index (χ2n) is 9.25. The maximum atomic E-state index is 12.4. The standard InChI is InChI=1S/C21H32O4/c1-13(18-14(11-17(22)24-5)12-25-19(18)23)15-7-8-16-20(2,3)9-6-10-21(15,16)4/h14-16,18H,1,6-12H2,2-5H3/t14-,15+,16?,18-,21+/m0/s1. The smallest absolute Gasteiger partial charge is 0.313 e. The Morgan fingerprint density at radius 1 is 1.28 bits per heavy atom. The number of cyclic esters (lactones) is 1. The van der Waals surface area contributed by atoms with Crippen molar-refractivity contribution in [2.75, 3.05) is 13.7 Å². The van der Waals surface area contributed by atoms with Gasteiger partial charge < -0.3 is 9.47 Å². The molecule has 1 heterocycles. The van der Waals surface area contributed by atoms with Crippen molar-refractivity contribution in [2.24, 2.45) is 34.5 Å². The van der Waals surface area contributed by atoms with Gasteiger partial charge in [-0.1, -0.05) is 39.3 Å². The van der Waals surface area contributed by atoms with E-state index < -0.39 is 0 Å². The zero-order valence-electron chi connectivity index (χ0n) is 16.1. The molecule has 1 unspecified atom stereocenters. The molecule has 1 aliphatic heterocycles. The topological polar surface area (TPSA) is 52.6 Å². The molecule has 0 N–H and O–H groups in total. The van der Waals surface area contributed by atoms with Gasteiger partial charge in [-0.15, -0.1) is 0 Å². The highest BCUT2D eigenvalue weighted by atomic mass is 16.5. The number of esters is 2. The van der Waals surface area contributed by atoms with Gasteiger partial charge in [0.1, 0.15) is 0 Å². The molecule has 2 aliphatic carbocycles. The molecule has 3 fully saturated rings. The van der Waals surface area contributed by atoms with Gasteiger partial charge in [0.25, 0.3) is 0 Å². The maximum Gasteiger partial charge on any atom is 0.313 e. The van der Waals surface area contributed by atoms with Gasteiger partial charge in [-0.05, 0) is 48.3 Å². The van der Waals surface area contributed by atoms with Crippen molar-refractivity contribution in [2.45, 2.75) is 59.3 Å². The highest BCUT2D eigenvalue weighted by Gasteiger charge is 2.56. The van der Waals surface area contributed by atoms with E-state index in [2.05, 4.69) is 27.4 Å². The normalized spacial score (nSPS) is 39.6. The molecule has 0 aromatic carbocycles. The maximum absolute atomic E-state index is 12.4. The van der Waals surface area contributed by atoms with Crippen molar-refractivity contribution in [1.29, 1.82) is 0 Å². The van der Waals surface area contributed by atoms with Crippen molar-refractivity contribution in [1.82, 2.24) is 0 Å². The summed E-state index contributed by atoms with van der Waals surface area (Å²) in [6.07, 6.45) is 6.25. The van der Waals surface area contributed by atoms with Gasteiger partial charge in [0.05, 0.1) is 26.1 Å². The van der Waals surface area contributed by atoms with E-state index in [1.165, 1.54) is 32.8 Å². The van der Waals surface area contributed by atoms with Crippen molar-refractivity contribution in [3.05, 3.63) is 12.2 Å². The highest BCUT2D eigenvalue weighted by molar-refractivity contribution is 5.80. The fourth-order valence-corrected chi connectivity index (χ4v) is 6.29. The van der Waals surface area contributed by atoms with Gasteiger partial charge >= 0.3 is 11.9 Å². The largest absolute Gasteiger partial charge is 0.469 e. The van der Waals surface area contributed by atoms with Gasteiger partial charge in [0, 0.05) is 5.92 Å². The van der Waals surface area contributed by atoms with Gasteiger partial charge in [0.15, 0.2) is 0 Å². The number of hydrogen-bond donors (Lipinski definition) is 0. The van der Waals surface area contributed by atoms with Crippen molar-refractivity contribution < 1.29 is 19.1 Å². The summed E-state index contributed by atoms with van der Waals surface area (Å²) in [5, 5.41) is 0. The molecule has 0 aromatic heterocycles.